The first-order valence-corrected chi connectivity index (χ1v) is 3.78. The summed E-state index contributed by atoms with van der Waals surface area (Å²) in [6.45, 7) is 0. The van der Waals surface area contributed by atoms with E-state index in [9.17, 15) is 13.6 Å². The Morgan fingerprint density at radius 3 is 2.58 bits per heavy atom. The van der Waals surface area contributed by atoms with E-state index in [-0.39, 0.29) is 10.3 Å². The normalized spacial score (nSPS) is 10.7. The Morgan fingerprint density at radius 2 is 2.17 bits per heavy atom. The number of aromatic amines is 1. The summed E-state index contributed by atoms with van der Waals surface area (Å²) in [6, 6.07) is 0.811. The minimum absolute atomic E-state index is 0.0758. The van der Waals surface area contributed by atoms with Gasteiger partial charge in [0.2, 0.25) is 0 Å². The van der Waals surface area contributed by atoms with Crippen molar-refractivity contribution in [3.63, 3.8) is 0 Å². The zero-order valence-corrected chi connectivity index (χ0v) is 7.36. The summed E-state index contributed by atoms with van der Waals surface area (Å²) in [6.07, 6.45) is -2.71. The summed E-state index contributed by atoms with van der Waals surface area (Å²) in [5, 5.41) is 0. The van der Waals surface area contributed by atoms with Crippen molar-refractivity contribution in [3.8, 4) is 0 Å². The Kier molecular flexibility index (Phi) is 2.46. The fraction of sp³-hybridized carbons (Fsp3) is 0.167. The molecule has 0 aromatic carbocycles. The molecule has 1 aromatic rings. The van der Waals surface area contributed by atoms with Crippen molar-refractivity contribution >= 4 is 21.7 Å². The number of nitrogens with two attached hydrogens (primary N) is 1. The van der Waals surface area contributed by atoms with Gasteiger partial charge in [-0.2, -0.15) is 0 Å². The van der Waals surface area contributed by atoms with Gasteiger partial charge in [-0.05, 0) is 15.9 Å². The van der Waals surface area contributed by atoms with Crippen LogP contribution in [0.2, 0.25) is 0 Å². The molecule has 6 heteroatoms. The maximum atomic E-state index is 12.0. The van der Waals surface area contributed by atoms with Crippen molar-refractivity contribution < 1.29 is 8.78 Å². The van der Waals surface area contributed by atoms with E-state index < -0.39 is 17.5 Å². The lowest BCUT2D eigenvalue weighted by Gasteiger charge is -2.02. The number of pyridine rings is 1. The van der Waals surface area contributed by atoms with Crippen LogP contribution >= 0.6 is 15.9 Å². The maximum Gasteiger partial charge on any atom is 0.278 e. The standard InChI is InChI=1S/C6H5BrF2N2O/c7-4-3(12)1-2(5(8)9)11-6(4)10/h1,5H,(H3,10,11,12). The van der Waals surface area contributed by atoms with Gasteiger partial charge >= 0.3 is 0 Å². The van der Waals surface area contributed by atoms with Gasteiger partial charge in [-0.15, -0.1) is 0 Å². The van der Waals surface area contributed by atoms with E-state index in [1.165, 1.54) is 0 Å². The Bertz CT molecular complexity index is 350. The molecule has 66 valence electrons. The first-order valence-electron chi connectivity index (χ1n) is 2.98. The van der Waals surface area contributed by atoms with Crippen molar-refractivity contribution in [1.29, 1.82) is 0 Å². The lowest BCUT2D eigenvalue weighted by molar-refractivity contribution is 0.146. The summed E-state index contributed by atoms with van der Waals surface area (Å²) >= 11 is 2.85. The molecule has 3 nitrogen and oxygen atoms in total. The number of anilines is 1. The molecule has 0 amide bonds. The van der Waals surface area contributed by atoms with Gasteiger partial charge in [-0.3, -0.25) is 4.79 Å². The van der Waals surface area contributed by atoms with Gasteiger partial charge < -0.3 is 10.7 Å². The predicted molar refractivity (Wildman–Crippen MR) is 44.1 cm³/mol. The monoisotopic (exact) mass is 238 g/mol. The number of alkyl halides is 2. The van der Waals surface area contributed by atoms with E-state index >= 15 is 0 Å². The topological polar surface area (TPSA) is 58.9 Å². The first kappa shape index (κ1) is 9.18. The van der Waals surface area contributed by atoms with E-state index in [1.54, 1.807) is 0 Å². The second-order valence-electron chi connectivity index (χ2n) is 2.12. The van der Waals surface area contributed by atoms with Gasteiger partial charge in [0.1, 0.15) is 10.3 Å². The Hall–Kier alpha value is -0.910. The molecule has 0 fully saturated rings. The van der Waals surface area contributed by atoms with Gasteiger partial charge in [0.15, 0.2) is 5.43 Å². The smallest absolute Gasteiger partial charge is 0.278 e. The summed E-state index contributed by atoms with van der Waals surface area (Å²) in [7, 11) is 0. The highest BCUT2D eigenvalue weighted by Gasteiger charge is 2.11. The molecule has 0 saturated heterocycles. The number of aromatic nitrogens is 1. The van der Waals surface area contributed by atoms with Crippen molar-refractivity contribution in [2.24, 2.45) is 0 Å². The van der Waals surface area contributed by atoms with Crippen molar-refractivity contribution in [1.82, 2.24) is 4.98 Å². The zero-order chi connectivity index (χ0) is 9.30. The largest absolute Gasteiger partial charge is 0.384 e. The maximum absolute atomic E-state index is 12.0. The zero-order valence-electron chi connectivity index (χ0n) is 5.77. The molecule has 0 atom stereocenters. The lowest BCUT2D eigenvalue weighted by atomic mass is 10.3. The summed E-state index contributed by atoms with van der Waals surface area (Å²) in [5.41, 5.74) is 4.20. The molecule has 1 heterocycles. The number of nitrogens with one attached hydrogen (secondary N) is 1. The minimum Gasteiger partial charge on any atom is -0.384 e. The molecular formula is C6H5BrF2N2O. The van der Waals surface area contributed by atoms with Crippen LogP contribution in [0.25, 0.3) is 0 Å². The average molecular weight is 239 g/mol. The molecule has 12 heavy (non-hydrogen) atoms. The minimum atomic E-state index is -2.71. The number of halogens is 3. The van der Waals surface area contributed by atoms with E-state index in [2.05, 4.69) is 20.9 Å². The van der Waals surface area contributed by atoms with Crippen molar-refractivity contribution in [3.05, 3.63) is 26.5 Å². The fourth-order valence-corrected chi connectivity index (χ4v) is 0.915. The van der Waals surface area contributed by atoms with Crippen LogP contribution in [0.3, 0.4) is 0 Å². The van der Waals surface area contributed by atoms with Crippen LogP contribution in [-0.4, -0.2) is 4.98 Å². The third-order valence-corrected chi connectivity index (χ3v) is 2.07. The first-order chi connectivity index (χ1) is 5.52. The summed E-state index contributed by atoms with van der Waals surface area (Å²) < 4.78 is 24.1. The molecule has 0 bridgehead atoms. The van der Waals surface area contributed by atoms with Crippen LogP contribution in [0.5, 0.6) is 0 Å². The molecule has 0 radical (unpaired) electrons. The molecule has 0 aliphatic carbocycles. The third-order valence-electron chi connectivity index (χ3n) is 1.25. The number of hydrogen-bond acceptors (Lipinski definition) is 2. The SMILES string of the molecule is Nc1[nH]c(C(F)F)cc(=O)c1Br. The van der Waals surface area contributed by atoms with Gasteiger partial charge in [0.25, 0.3) is 6.43 Å². The number of rotatable bonds is 1. The van der Waals surface area contributed by atoms with E-state index in [4.69, 9.17) is 5.73 Å². The predicted octanol–water partition coefficient (Wildman–Crippen LogP) is 1.66. The van der Waals surface area contributed by atoms with Gasteiger partial charge in [-0.25, -0.2) is 8.78 Å². The molecule has 1 aromatic heterocycles. The highest BCUT2D eigenvalue weighted by molar-refractivity contribution is 9.10. The molecule has 0 aliphatic heterocycles. The van der Waals surface area contributed by atoms with Crippen LogP contribution in [0.1, 0.15) is 12.1 Å². The second-order valence-corrected chi connectivity index (χ2v) is 2.91. The van der Waals surface area contributed by atoms with Crippen LogP contribution in [0.15, 0.2) is 15.3 Å². The molecule has 0 saturated carbocycles. The molecule has 0 aliphatic rings. The van der Waals surface area contributed by atoms with Crippen LogP contribution in [0, 0.1) is 0 Å². The molecule has 0 spiro atoms. The van der Waals surface area contributed by atoms with E-state index in [0.717, 1.165) is 6.07 Å². The molecule has 3 N–H and O–H groups in total. The summed E-state index contributed by atoms with van der Waals surface area (Å²) in [4.78, 5) is 13.1. The van der Waals surface area contributed by atoms with Crippen molar-refractivity contribution in [2.75, 3.05) is 5.73 Å². The van der Waals surface area contributed by atoms with E-state index in [0.29, 0.717) is 0 Å². The fourth-order valence-electron chi connectivity index (χ4n) is 0.701. The molecular weight excluding hydrogens is 234 g/mol. The van der Waals surface area contributed by atoms with Crippen LogP contribution < -0.4 is 11.2 Å². The summed E-state index contributed by atoms with van der Waals surface area (Å²) in [5.74, 6) is -0.0854. The van der Waals surface area contributed by atoms with Crippen LogP contribution in [-0.2, 0) is 0 Å². The van der Waals surface area contributed by atoms with Gasteiger partial charge in [-0.1, -0.05) is 0 Å². The highest BCUT2D eigenvalue weighted by Crippen LogP contribution is 2.18. The van der Waals surface area contributed by atoms with Crippen LogP contribution in [0.4, 0.5) is 14.6 Å². The number of nitrogen functional groups attached to an aromatic ring is 1. The molecule has 1 rings (SSSR count). The third kappa shape index (κ3) is 1.63. The molecule has 0 unspecified atom stereocenters. The Balaban J connectivity index is 3.31. The van der Waals surface area contributed by atoms with Gasteiger partial charge in [0.05, 0.1) is 5.69 Å². The number of hydrogen-bond donors (Lipinski definition) is 2. The van der Waals surface area contributed by atoms with E-state index in [1.807, 2.05) is 0 Å². The average Bonchev–Trinajstić information content (AvgIpc) is 1.99. The highest BCUT2D eigenvalue weighted by atomic mass is 79.9. The lowest BCUT2D eigenvalue weighted by Crippen LogP contribution is -2.09. The Labute approximate surface area is 74.7 Å². The van der Waals surface area contributed by atoms with Gasteiger partial charge in [0, 0.05) is 6.07 Å². The number of H-pyrrole nitrogens is 1. The Morgan fingerprint density at radius 1 is 1.58 bits per heavy atom. The quantitative estimate of drug-likeness (QED) is 0.782. The second kappa shape index (κ2) is 3.22. The van der Waals surface area contributed by atoms with Crippen molar-refractivity contribution in [2.45, 2.75) is 6.43 Å².